The molecule has 3 rings (SSSR count). The van der Waals surface area contributed by atoms with E-state index in [9.17, 15) is 9.59 Å². The molecule has 8 heteroatoms. The van der Waals surface area contributed by atoms with Crippen molar-refractivity contribution < 1.29 is 23.8 Å². The van der Waals surface area contributed by atoms with Crippen molar-refractivity contribution in [3.63, 3.8) is 0 Å². The van der Waals surface area contributed by atoms with E-state index in [0.29, 0.717) is 36.2 Å². The number of fused-ring (bicyclic) bond motifs is 1. The Morgan fingerprint density at radius 1 is 1.25 bits per heavy atom. The van der Waals surface area contributed by atoms with E-state index in [-0.39, 0.29) is 18.0 Å². The molecule has 0 spiro atoms. The average Bonchev–Trinajstić information content (AvgIpc) is 2.98. The van der Waals surface area contributed by atoms with Crippen molar-refractivity contribution >= 4 is 28.2 Å². The van der Waals surface area contributed by atoms with Crippen LogP contribution >= 0.6 is 11.3 Å². The number of hydrogen-bond donors (Lipinski definition) is 1. The molecule has 1 aliphatic heterocycles. The van der Waals surface area contributed by atoms with Crippen LogP contribution in [0.15, 0.2) is 0 Å². The van der Waals surface area contributed by atoms with Gasteiger partial charge in [-0.15, -0.1) is 11.3 Å². The fourth-order valence-electron chi connectivity index (χ4n) is 3.74. The van der Waals surface area contributed by atoms with Gasteiger partial charge in [-0.25, -0.2) is 4.79 Å². The molecule has 0 saturated carbocycles. The van der Waals surface area contributed by atoms with Crippen LogP contribution in [0.3, 0.4) is 0 Å². The van der Waals surface area contributed by atoms with Crippen molar-refractivity contribution in [3.8, 4) is 0 Å². The van der Waals surface area contributed by atoms with Gasteiger partial charge < -0.3 is 19.5 Å². The van der Waals surface area contributed by atoms with Gasteiger partial charge >= 0.3 is 5.97 Å². The molecular formula is C20H30N2O5S. The zero-order chi connectivity index (χ0) is 20.1. The number of likely N-dealkylation sites (tertiary alicyclic amines) is 1. The molecule has 7 nitrogen and oxygen atoms in total. The Morgan fingerprint density at radius 3 is 2.75 bits per heavy atom. The van der Waals surface area contributed by atoms with Crippen LogP contribution in [0.2, 0.25) is 0 Å². The molecule has 1 atom stereocenters. The van der Waals surface area contributed by atoms with Crippen LogP contribution in [0.1, 0.15) is 40.6 Å². The van der Waals surface area contributed by atoms with E-state index in [1.54, 1.807) is 7.11 Å². The molecule has 1 amide bonds. The molecule has 2 heterocycles. The van der Waals surface area contributed by atoms with Crippen LogP contribution in [0.25, 0.3) is 0 Å². The lowest BCUT2D eigenvalue weighted by atomic mass is 9.88. The van der Waals surface area contributed by atoms with Crippen LogP contribution in [-0.4, -0.2) is 69.9 Å². The molecule has 0 radical (unpaired) electrons. The SMILES string of the molecule is COCCCOC1CN(CC(=O)Nc2sc3c(c2C(=O)OC)CC[C@H](C)C3)C1. The lowest BCUT2D eigenvalue weighted by Gasteiger charge is -2.38. The number of thiophene rings is 1. The first-order valence-corrected chi connectivity index (χ1v) is 10.7. The number of ether oxygens (including phenoxy) is 3. The van der Waals surface area contributed by atoms with E-state index in [2.05, 4.69) is 12.2 Å². The second-order valence-corrected chi connectivity index (χ2v) is 8.73. The van der Waals surface area contributed by atoms with E-state index in [0.717, 1.165) is 44.3 Å². The average molecular weight is 411 g/mol. The summed E-state index contributed by atoms with van der Waals surface area (Å²) in [5.41, 5.74) is 1.60. The first kappa shape index (κ1) is 21.2. The van der Waals surface area contributed by atoms with Crippen molar-refractivity contribution in [1.29, 1.82) is 0 Å². The van der Waals surface area contributed by atoms with Crippen LogP contribution in [0, 0.1) is 5.92 Å². The number of rotatable bonds is 9. The smallest absolute Gasteiger partial charge is 0.341 e. The third-order valence-electron chi connectivity index (χ3n) is 5.29. The first-order valence-electron chi connectivity index (χ1n) is 9.87. The van der Waals surface area contributed by atoms with E-state index in [1.165, 1.54) is 23.3 Å². The summed E-state index contributed by atoms with van der Waals surface area (Å²) in [5.74, 6) is 0.132. The minimum atomic E-state index is -0.365. The third kappa shape index (κ3) is 5.11. The predicted molar refractivity (Wildman–Crippen MR) is 108 cm³/mol. The van der Waals surface area contributed by atoms with Crippen molar-refractivity contribution in [2.24, 2.45) is 5.92 Å². The number of methoxy groups -OCH3 is 2. The van der Waals surface area contributed by atoms with Crippen molar-refractivity contribution in [1.82, 2.24) is 4.90 Å². The molecule has 1 N–H and O–H groups in total. The topological polar surface area (TPSA) is 77.1 Å². The van der Waals surface area contributed by atoms with Crippen LogP contribution in [0.4, 0.5) is 5.00 Å². The van der Waals surface area contributed by atoms with Gasteiger partial charge in [-0.1, -0.05) is 6.92 Å². The highest BCUT2D eigenvalue weighted by Crippen LogP contribution is 2.40. The van der Waals surface area contributed by atoms with E-state index >= 15 is 0 Å². The highest BCUT2D eigenvalue weighted by atomic mass is 32.1. The molecule has 1 aromatic heterocycles. The van der Waals surface area contributed by atoms with Crippen LogP contribution in [0.5, 0.6) is 0 Å². The second kappa shape index (κ2) is 9.82. The summed E-state index contributed by atoms with van der Waals surface area (Å²) in [6, 6.07) is 0. The minimum absolute atomic E-state index is 0.102. The highest BCUT2D eigenvalue weighted by molar-refractivity contribution is 7.17. The lowest BCUT2D eigenvalue weighted by Crippen LogP contribution is -2.54. The maximum Gasteiger partial charge on any atom is 0.341 e. The standard InChI is InChI=1S/C20H30N2O5S/c1-13-5-6-15-16(9-13)28-19(18(15)20(24)26-3)21-17(23)12-22-10-14(11-22)27-8-4-7-25-2/h13-14H,4-12H2,1-3H3,(H,21,23)/t13-/m0/s1. The maximum absolute atomic E-state index is 12.5. The quantitative estimate of drug-likeness (QED) is 0.497. The molecule has 2 aliphatic rings. The molecule has 1 aromatic rings. The third-order valence-corrected chi connectivity index (χ3v) is 6.46. The Morgan fingerprint density at radius 2 is 2.04 bits per heavy atom. The van der Waals surface area contributed by atoms with Gasteiger partial charge in [0.25, 0.3) is 0 Å². The fourth-order valence-corrected chi connectivity index (χ4v) is 5.15. The summed E-state index contributed by atoms with van der Waals surface area (Å²) in [6.07, 6.45) is 3.94. The van der Waals surface area contributed by atoms with Gasteiger partial charge in [0.05, 0.1) is 25.3 Å². The van der Waals surface area contributed by atoms with Gasteiger partial charge in [-0.3, -0.25) is 9.69 Å². The molecular weight excluding hydrogens is 380 g/mol. The number of nitrogens with zero attached hydrogens (tertiary/aromatic N) is 1. The number of amides is 1. The second-order valence-electron chi connectivity index (χ2n) is 7.63. The number of esters is 1. The number of hydrogen-bond acceptors (Lipinski definition) is 7. The largest absolute Gasteiger partial charge is 0.465 e. The van der Waals surface area contributed by atoms with Crippen molar-refractivity contribution in [2.75, 3.05) is 52.4 Å². The molecule has 0 bridgehead atoms. The zero-order valence-corrected chi connectivity index (χ0v) is 17.7. The number of nitrogens with one attached hydrogen (secondary N) is 1. The Kier molecular flexibility index (Phi) is 7.45. The molecule has 1 saturated heterocycles. The Hall–Kier alpha value is -1.48. The van der Waals surface area contributed by atoms with Gasteiger partial charge in [-0.2, -0.15) is 0 Å². The lowest BCUT2D eigenvalue weighted by molar-refractivity contribution is -0.121. The van der Waals surface area contributed by atoms with Gasteiger partial charge in [0.15, 0.2) is 0 Å². The van der Waals surface area contributed by atoms with Crippen LogP contribution in [-0.2, 0) is 31.8 Å². The molecule has 1 fully saturated rings. The summed E-state index contributed by atoms with van der Waals surface area (Å²) in [5, 5.41) is 3.58. The van der Waals surface area contributed by atoms with E-state index in [4.69, 9.17) is 14.2 Å². The fraction of sp³-hybridized carbons (Fsp3) is 0.700. The summed E-state index contributed by atoms with van der Waals surface area (Å²) >= 11 is 1.52. The van der Waals surface area contributed by atoms with Crippen LogP contribution < -0.4 is 5.32 Å². The summed E-state index contributed by atoms with van der Waals surface area (Å²) in [7, 11) is 3.07. The van der Waals surface area contributed by atoms with Gasteiger partial charge in [0.2, 0.25) is 5.91 Å². The predicted octanol–water partition coefficient (Wildman–Crippen LogP) is 2.34. The zero-order valence-electron chi connectivity index (χ0n) is 16.9. The van der Waals surface area contributed by atoms with Crippen molar-refractivity contribution in [3.05, 3.63) is 16.0 Å². The van der Waals surface area contributed by atoms with Gasteiger partial charge in [-0.05, 0) is 37.2 Å². The minimum Gasteiger partial charge on any atom is -0.465 e. The normalized spacial score (nSPS) is 19.8. The Bertz CT molecular complexity index is 699. The Balaban J connectivity index is 1.53. The summed E-state index contributed by atoms with van der Waals surface area (Å²) in [4.78, 5) is 28.1. The maximum atomic E-state index is 12.5. The highest BCUT2D eigenvalue weighted by Gasteiger charge is 2.31. The Labute approximate surface area is 170 Å². The van der Waals surface area contributed by atoms with Gasteiger partial charge in [0.1, 0.15) is 5.00 Å². The number of carbonyl (C=O) groups excluding carboxylic acids is 2. The monoisotopic (exact) mass is 410 g/mol. The van der Waals surface area contributed by atoms with Crippen molar-refractivity contribution in [2.45, 2.75) is 38.7 Å². The molecule has 0 aromatic carbocycles. The molecule has 0 unspecified atom stereocenters. The number of carbonyl (C=O) groups is 2. The first-order chi connectivity index (χ1) is 13.5. The molecule has 28 heavy (non-hydrogen) atoms. The van der Waals surface area contributed by atoms with E-state index in [1.807, 2.05) is 4.90 Å². The van der Waals surface area contributed by atoms with E-state index < -0.39 is 0 Å². The molecule has 156 valence electrons. The summed E-state index contributed by atoms with van der Waals surface area (Å²) in [6.45, 7) is 5.41. The number of anilines is 1. The summed E-state index contributed by atoms with van der Waals surface area (Å²) < 4.78 is 15.7. The van der Waals surface area contributed by atoms with Gasteiger partial charge in [0, 0.05) is 38.3 Å². The molecule has 1 aliphatic carbocycles.